The van der Waals surface area contributed by atoms with Gasteiger partial charge in [0.15, 0.2) is 4.90 Å². The molecule has 0 saturated heterocycles. The van der Waals surface area contributed by atoms with Crippen LogP contribution >= 0.6 is 11.6 Å². The fraction of sp³-hybridized carbons (Fsp3) is 0.364. The van der Waals surface area contributed by atoms with Gasteiger partial charge in [0, 0.05) is 31.1 Å². The van der Waals surface area contributed by atoms with E-state index in [9.17, 15) is 23.3 Å². The summed E-state index contributed by atoms with van der Waals surface area (Å²) in [5.74, 6) is -1.04. The van der Waals surface area contributed by atoms with E-state index in [1.807, 2.05) is 0 Å². The number of hydrogen-bond acceptors (Lipinski definition) is 5. The van der Waals surface area contributed by atoms with E-state index in [2.05, 4.69) is 0 Å². The standard InChI is InChI=1S/C11H13ClN2O6S/c1-13(6-2-3-11(15)16)21(19,20)10-5-4-8(12)7-9(10)14(17)18/h4-5,7H,2-3,6H2,1H3,(H,15,16). The molecule has 8 nitrogen and oxygen atoms in total. The van der Waals surface area contributed by atoms with Gasteiger partial charge in [-0.3, -0.25) is 14.9 Å². The van der Waals surface area contributed by atoms with Crippen LogP contribution in [-0.2, 0) is 14.8 Å². The van der Waals surface area contributed by atoms with Gasteiger partial charge in [0.05, 0.1) is 4.92 Å². The van der Waals surface area contributed by atoms with Crippen molar-refractivity contribution in [3.63, 3.8) is 0 Å². The number of nitro groups is 1. The summed E-state index contributed by atoms with van der Waals surface area (Å²) < 4.78 is 25.4. The van der Waals surface area contributed by atoms with Crippen molar-refractivity contribution in [3.8, 4) is 0 Å². The Bertz CT molecular complexity index is 661. The summed E-state index contributed by atoms with van der Waals surface area (Å²) in [6, 6.07) is 3.26. The molecule has 0 amide bonds. The number of sulfonamides is 1. The summed E-state index contributed by atoms with van der Waals surface area (Å²) in [6.45, 7) is -0.0611. The first kappa shape index (κ1) is 17.3. The van der Waals surface area contributed by atoms with Gasteiger partial charge in [-0.05, 0) is 18.6 Å². The van der Waals surface area contributed by atoms with Gasteiger partial charge < -0.3 is 5.11 Å². The van der Waals surface area contributed by atoms with E-state index in [4.69, 9.17) is 16.7 Å². The Hall–Kier alpha value is -1.71. The second-order valence-corrected chi connectivity index (χ2v) is 6.64. The monoisotopic (exact) mass is 336 g/mol. The molecule has 1 rings (SSSR count). The van der Waals surface area contributed by atoms with Gasteiger partial charge in [-0.25, -0.2) is 12.7 Å². The Morgan fingerprint density at radius 3 is 2.62 bits per heavy atom. The molecule has 1 aromatic carbocycles. The highest BCUT2D eigenvalue weighted by Crippen LogP contribution is 2.29. The van der Waals surface area contributed by atoms with E-state index < -0.39 is 31.5 Å². The van der Waals surface area contributed by atoms with E-state index >= 15 is 0 Å². The third-order valence-electron chi connectivity index (χ3n) is 2.67. The number of benzene rings is 1. The molecule has 0 aliphatic carbocycles. The molecule has 1 aromatic rings. The molecule has 0 radical (unpaired) electrons. The van der Waals surface area contributed by atoms with Crippen LogP contribution in [0.3, 0.4) is 0 Å². The molecule has 0 heterocycles. The maximum Gasteiger partial charge on any atom is 0.303 e. The van der Waals surface area contributed by atoms with Crippen molar-refractivity contribution in [2.24, 2.45) is 0 Å². The van der Waals surface area contributed by atoms with Crippen LogP contribution in [0.2, 0.25) is 5.02 Å². The minimum absolute atomic E-state index is 0.0502. The average molecular weight is 337 g/mol. The summed E-state index contributed by atoms with van der Waals surface area (Å²) >= 11 is 5.63. The Morgan fingerprint density at radius 1 is 1.48 bits per heavy atom. The van der Waals surface area contributed by atoms with Gasteiger partial charge in [-0.1, -0.05) is 11.6 Å². The number of hydrogen-bond donors (Lipinski definition) is 1. The largest absolute Gasteiger partial charge is 0.481 e. The molecule has 0 atom stereocenters. The molecule has 1 N–H and O–H groups in total. The molecule has 0 spiro atoms. The van der Waals surface area contributed by atoms with E-state index in [1.54, 1.807) is 0 Å². The van der Waals surface area contributed by atoms with Gasteiger partial charge in [0.2, 0.25) is 10.0 Å². The third kappa shape index (κ3) is 4.38. The van der Waals surface area contributed by atoms with Crippen molar-refractivity contribution < 1.29 is 23.2 Å². The second-order valence-electron chi connectivity index (χ2n) is 4.19. The molecule has 0 aromatic heterocycles. The molecule has 0 fully saturated rings. The zero-order valence-electron chi connectivity index (χ0n) is 11.0. The SMILES string of the molecule is CN(CCCC(=O)O)S(=O)(=O)c1ccc(Cl)cc1[N+](=O)[O-]. The van der Waals surface area contributed by atoms with Crippen LogP contribution < -0.4 is 0 Å². The zero-order chi connectivity index (χ0) is 16.2. The van der Waals surface area contributed by atoms with Crippen LogP contribution in [0.15, 0.2) is 23.1 Å². The van der Waals surface area contributed by atoms with Crippen LogP contribution in [-0.4, -0.2) is 42.3 Å². The quantitative estimate of drug-likeness (QED) is 0.598. The highest BCUT2D eigenvalue weighted by molar-refractivity contribution is 7.89. The fourth-order valence-electron chi connectivity index (χ4n) is 1.59. The van der Waals surface area contributed by atoms with E-state index in [0.29, 0.717) is 0 Å². The van der Waals surface area contributed by atoms with Crippen molar-refractivity contribution in [1.82, 2.24) is 4.31 Å². The Labute approximate surface area is 126 Å². The van der Waals surface area contributed by atoms with Gasteiger partial charge >= 0.3 is 5.97 Å². The highest BCUT2D eigenvalue weighted by Gasteiger charge is 2.29. The summed E-state index contributed by atoms with van der Waals surface area (Å²) in [4.78, 5) is 20.0. The van der Waals surface area contributed by atoms with Crippen LogP contribution in [0.5, 0.6) is 0 Å². The number of rotatable bonds is 7. The van der Waals surface area contributed by atoms with Gasteiger partial charge in [0.25, 0.3) is 5.69 Å². The lowest BCUT2D eigenvalue weighted by Gasteiger charge is -2.16. The van der Waals surface area contributed by atoms with Crippen LogP contribution in [0.1, 0.15) is 12.8 Å². The number of carbonyl (C=O) groups is 1. The van der Waals surface area contributed by atoms with Crippen molar-refractivity contribution in [2.75, 3.05) is 13.6 Å². The Kier molecular flexibility index (Phi) is 5.64. The molecule has 0 saturated carbocycles. The smallest absolute Gasteiger partial charge is 0.303 e. The lowest BCUT2D eigenvalue weighted by atomic mass is 10.3. The molecule has 0 aliphatic heterocycles. The predicted molar refractivity (Wildman–Crippen MR) is 74.8 cm³/mol. The van der Waals surface area contributed by atoms with Crippen LogP contribution in [0.4, 0.5) is 5.69 Å². The first-order valence-electron chi connectivity index (χ1n) is 5.78. The number of carboxylic acid groups (broad SMARTS) is 1. The van der Waals surface area contributed by atoms with E-state index in [-0.39, 0.29) is 24.4 Å². The average Bonchev–Trinajstić information content (AvgIpc) is 2.37. The molecular formula is C11H13ClN2O6S. The summed E-state index contributed by atoms with van der Waals surface area (Å²) in [6.07, 6.45) is -0.0883. The molecule has 0 unspecified atom stereocenters. The maximum atomic E-state index is 12.3. The first-order chi connectivity index (χ1) is 9.66. The first-order valence-corrected chi connectivity index (χ1v) is 7.60. The molecule has 10 heteroatoms. The predicted octanol–water partition coefficient (Wildman–Crippen LogP) is 1.73. The van der Waals surface area contributed by atoms with Crippen LogP contribution in [0, 0.1) is 10.1 Å². The number of carboxylic acids is 1. The Balaban J connectivity index is 3.07. The van der Waals surface area contributed by atoms with E-state index in [1.165, 1.54) is 13.1 Å². The molecule has 0 aliphatic rings. The van der Waals surface area contributed by atoms with Gasteiger partial charge in [-0.2, -0.15) is 0 Å². The Morgan fingerprint density at radius 2 is 2.10 bits per heavy atom. The highest BCUT2D eigenvalue weighted by atomic mass is 35.5. The summed E-state index contributed by atoms with van der Waals surface area (Å²) in [7, 11) is -2.86. The van der Waals surface area contributed by atoms with Crippen molar-refractivity contribution in [2.45, 2.75) is 17.7 Å². The molecular weight excluding hydrogens is 324 g/mol. The fourth-order valence-corrected chi connectivity index (χ4v) is 3.10. The normalized spacial score (nSPS) is 11.6. The van der Waals surface area contributed by atoms with Crippen LogP contribution in [0.25, 0.3) is 0 Å². The van der Waals surface area contributed by atoms with Gasteiger partial charge in [-0.15, -0.1) is 0 Å². The lowest BCUT2D eigenvalue weighted by molar-refractivity contribution is -0.387. The number of halogens is 1. The maximum absolute atomic E-state index is 12.3. The lowest BCUT2D eigenvalue weighted by Crippen LogP contribution is -2.28. The molecule has 0 bridgehead atoms. The van der Waals surface area contributed by atoms with Gasteiger partial charge in [0.1, 0.15) is 0 Å². The third-order valence-corrected chi connectivity index (χ3v) is 4.81. The van der Waals surface area contributed by atoms with Crippen molar-refractivity contribution >= 4 is 33.3 Å². The summed E-state index contributed by atoms with van der Waals surface area (Å²) in [5, 5.41) is 19.5. The minimum Gasteiger partial charge on any atom is -0.481 e. The number of nitro benzene ring substituents is 1. The van der Waals surface area contributed by atoms with Crippen molar-refractivity contribution in [3.05, 3.63) is 33.3 Å². The molecule has 116 valence electrons. The topological polar surface area (TPSA) is 118 Å². The minimum atomic E-state index is -4.09. The van der Waals surface area contributed by atoms with Crippen molar-refractivity contribution in [1.29, 1.82) is 0 Å². The number of nitrogens with zero attached hydrogens (tertiary/aromatic N) is 2. The second kappa shape index (κ2) is 6.83. The number of aliphatic carboxylic acids is 1. The summed E-state index contributed by atoms with van der Waals surface area (Å²) in [5.41, 5.74) is -0.618. The van der Waals surface area contributed by atoms with E-state index in [0.717, 1.165) is 16.4 Å². The molecule has 21 heavy (non-hydrogen) atoms. The zero-order valence-corrected chi connectivity index (χ0v) is 12.6.